The zero-order valence-electron chi connectivity index (χ0n) is 15.8. The molecule has 0 bridgehead atoms. The van der Waals surface area contributed by atoms with E-state index in [9.17, 15) is 9.18 Å². The van der Waals surface area contributed by atoms with Crippen molar-refractivity contribution in [3.63, 3.8) is 0 Å². The molecule has 1 aliphatic heterocycles. The number of hydrogen-bond acceptors (Lipinski definition) is 6. The first-order chi connectivity index (χ1) is 13.6. The van der Waals surface area contributed by atoms with Crippen LogP contribution in [-0.2, 0) is 13.1 Å². The molecule has 0 unspecified atom stereocenters. The Morgan fingerprint density at radius 3 is 2.54 bits per heavy atom. The highest BCUT2D eigenvalue weighted by atomic mass is 19.1. The highest BCUT2D eigenvalue weighted by Gasteiger charge is 2.12. The van der Waals surface area contributed by atoms with Crippen LogP contribution in [0.25, 0.3) is 0 Å². The lowest BCUT2D eigenvalue weighted by molar-refractivity contribution is 0.0950. The Balaban J connectivity index is 1.64. The minimum absolute atomic E-state index is 0.242. The van der Waals surface area contributed by atoms with Crippen LogP contribution in [0.1, 0.15) is 21.5 Å². The molecule has 0 aromatic heterocycles. The third kappa shape index (κ3) is 4.91. The van der Waals surface area contributed by atoms with Gasteiger partial charge in [0.05, 0.1) is 20.8 Å². The van der Waals surface area contributed by atoms with Gasteiger partial charge in [-0.2, -0.15) is 0 Å². The van der Waals surface area contributed by atoms with E-state index in [1.807, 2.05) is 12.1 Å². The second-order valence-electron chi connectivity index (χ2n) is 6.22. The summed E-state index contributed by atoms with van der Waals surface area (Å²) in [4.78, 5) is 16.7. The number of nitrogens with one attached hydrogen (secondary N) is 3. The molecule has 148 valence electrons. The number of rotatable bonds is 7. The highest BCUT2D eigenvalue weighted by molar-refractivity contribution is 5.94. The quantitative estimate of drug-likeness (QED) is 0.676. The van der Waals surface area contributed by atoms with Crippen LogP contribution in [0.15, 0.2) is 41.4 Å². The normalized spacial score (nSPS) is 12.8. The predicted molar refractivity (Wildman–Crippen MR) is 104 cm³/mol. The van der Waals surface area contributed by atoms with Gasteiger partial charge in [0.1, 0.15) is 17.3 Å². The number of hydrogen-bond donors (Lipinski definition) is 3. The molecule has 0 radical (unpaired) electrons. The first-order valence-corrected chi connectivity index (χ1v) is 8.90. The first kappa shape index (κ1) is 19.5. The number of amides is 1. The second kappa shape index (κ2) is 9.07. The maximum Gasteiger partial charge on any atom is 0.251 e. The lowest BCUT2D eigenvalue weighted by Crippen LogP contribution is -2.33. The molecule has 2 aromatic rings. The predicted octanol–water partition coefficient (Wildman–Crippen LogP) is 1.82. The number of aliphatic imine (C=N–C) groups is 1. The summed E-state index contributed by atoms with van der Waals surface area (Å²) < 4.78 is 24.5. The van der Waals surface area contributed by atoms with E-state index in [1.54, 1.807) is 26.4 Å². The zero-order chi connectivity index (χ0) is 19.9. The fraction of sp³-hybridized carbons (Fsp3) is 0.300. The molecule has 0 saturated carbocycles. The van der Waals surface area contributed by atoms with Crippen LogP contribution in [0.2, 0.25) is 0 Å². The van der Waals surface area contributed by atoms with E-state index in [2.05, 4.69) is 20.9 Å². The fourth-order valence-electron chi connectivity index (χ4n) is 2.80. The van der Waals surface area contributed by atoms with Gasteiger partial charge in [-0.25, -0.2) is 4.39 Å². The number of nitrogens with zero attached hydrogens (tertiary/aromatic N) is 1. The van der Waals surface area contributed by atoms with E-state index in [0.29, 0.717) is 35.1 Å². The Morgan fingerprint density at radius 1 is 1.14 bits per heavy atom. The number of methoxy groups -OCH3 is 2. The van der Waals surface area contributed by atoms with E-state index in [1.165, 1.54) is 12.1 Å². The van der Waals surface area contributed by atoms with Gasteiger partial charge in [-0.3, -0.25) is 9.79 Å². The van der Waals surface area contributed by atoms with Gasteiger partial charge in [0, 0.05) is 36.8 Å². The standard InChI is InChI=1S/C20H23FN4O3/c1-27-16-7-13(8-17(10-16)28-2)11-24-19(26)14-3-4-18(21)15(9-14)12-25-20-22-5-6-23-20/h3-4,7-10H,5-6,11-12H2,1-2H3,(H,24,26)(H2,22,23,25). The van der Waals surface area contributed by atoms with Crippen LogP contribution in [0.3, 0.4) is 0 Å². The number of benzene rings is 2. The van der Waals surface area contributed by atoms with E-state index in [0.717, 1.165) is 12.1 Å². The highest BCUT2D eigenvalue weighted by Crippen LogP contribution is 2.22. The lowest BCUT2D eigenvalue weighted by atomic mass is 10.1. The molecule has 0 atom stereocenters. The molecule has 28 heavy (non-hydrogen) atoms. The molecule has 3 N–H and O–H groups in total. The average Bonchev–Trinajstić information content (AvgIpc) is 3.24. The van der Waals surface area contributed by atoms with Gasteiger partial charge in [0.2, 0.25) is 0 Å². The van der Waals surface area contributed by atoms with Crippen molar-refractivity contribution < 1.29 is 18.7 Å². The molecular weight excluding hydrogens is 363 g/mol. The molecule has 0 fully saturated rings. The molecule has 0 saturated heterocycles. The van der Waals surface area contributed by atoms with Crippen molar-refractivity contribution in [2.75, 3.05) is 27.3 Å². The van der Waals surface area contributed by atoms with Gasteiger partial charge in [-0.15, -0.1) is 0 Å². The molecule has 0 spiro atoms. The number of carbonyl (C=O) groups is 1. The molecule has 1 aliphatic rings. The van der Waals surface area contributed by atoms with E-state index in [4.69, 9.17) is 9.47 Å². The summed E-state index contributed by atoms with van der Waals surface area (Å²) >= 11 is 0. The maximum absolute atomic E-state index is 14.1. The number of halogens is 1. The van der Waals surface area contributed by atoms with Crippen molar-refractivity contribution in [2.45, 2.75) is 13.1 Å². The Morgan fingerprint density at radius 2 is 1.89 bits per heavy atom. The zero-order valence-corrected chi connectivity index (χ0v) is 15.8. The molecule has 2 aromatic carbocycles. The maximum atomic E-state index is 14.1. The van der Waals surface area contributed by atoms with Crippen molar-refractivity contribution in [2.24, 2.45) is 4.99 Å². The number of guanidine groups is 1. The number of carbonyl (C=O) groups excluding carboxylic acids is 1. The lowest BCUT2D eigenvalue weighted by Gasteiger charge is -2.11. The Bertz CT molecular complexity index is 863. The second-order valence-corrected chi connectivity index (χ2v) is 6.22. The van der Waals surface area contributed by atoms with E-state index in [-0.39, 0.29) is 24.8 Å². The Labute approximate surface area is 163 Å². The molecule has 7 nitrogen and oxygen atoms in total. The van der Waals surface area contributed by atoms with Crippen LogP contribution in [-0.4, -0.2) is 39.2 Å². The fourth-order valence-corrected chi connectivity index (χ4v) is 2.80. The largest absolute Gasteiger partial charge is 0.497 e. The van der Waals surface area contributed by atoms with Gasteiger partial charge in [0.15, 0.2) is 5.96 Å². The van der Waals surface area contributed by atoms with Gasteiger partial charge >= 0.3 is 0 Å². The van der Waals surface area contributed by atoms with Crippen molar-refractivity contribution in [3.05, 3.63) is 58.9 Å². The molecule has 1 heterocycles. The van der Waals surface area contributed by atoms with Crippen LogP contribution in [0, 0.1) is 5.82 Å². The average molecular weight is 386 g/mol. The van der Waals surface area contributed by atoms with Gasteiger partial charge < -0.3 is 25.4 Å². The Hall–Kier alpha value is -3.29. The summed E-state index contributed by atoms with van der Waals surface area (Å²) in [5.74, 6) is 1.25. The third-order valence-corrected chi connectivity index (χ3v) is 4.29. The van der Waals surface area contributed by atoms with Crippen molar-refractivity contribution in [3.8, 4) is 11.5 Å². The first-order valence-electron chi connectivity index (χ1n) is 8.90. The van der Waals surface area contributed by atoms with Crippen LogP contribution >= 0.6 is 0 Å². The van der Waals surface area contributed by atoms with Gasteiger partial charge in [-0.1, -0.05) is 0 Å². The van der Waals surface area contributed by atoms with Gasteiger partial charge in [-0.05, 0) is 35.9 Å². The van der Waals surface area contributed by atoms with Crippen molar-refractivity contribution in [1.82, 2.24) is 16.0 Å². The van der Waals surface area contributed by atoms with E-state index < -0.39 is 0 Å². The van der Waals surface area contributed by atoms with E-state index >= 15 is 0 Å². The minimum atomic E-state index is -0.375. The summed E-state index contributed by atoms with van der Waals surface area (Å²) in [5.41, 5.74) is 1.61. The van der Waals surface area contributed by atoms with Crippen molar-refractivity contribution in [1.29, 1.82) is 0 Å². The molecule has 3 rings (SSSR count). The summed E-state index contributed by atoms with van der Waals surface area (Å²) in [6.45, 7) is 1.99. The molecule has 0 aliphatic carbocycles. The summed E-state index contributed by atoms with van der Waals surface area (Å²) in [6.07, 6.45) is 0. The van der Waals surface area contributed by atoms with Crippen molar-refractivity contribution >= 4 is 11.9 Å². The smallest absolute Gasteiger partial charge is 0.251 e. The molecule has 1 amide bonds. The van der Waals surface area contributed by atoms with Crippen LogP contribution < -0.4 is 25.4 Å². The monoisotopic (exact) mass is 386 g/mol. The van der Waals surface area contributed by atoms with Crippen LogP contribution in [0.5, 0.6) is 11.5 Å². The SMILES string of the molecule is COc1cc(CNC(=O)c2ccc(F)c(CNC3=NCCN3)c2)cc(OC)c1. The molecule has 8 heteroatoms. The Kier molecular flexibility index (Phi) is 6.31. The summed E-state index contributed by atoms with van der Waals surface area (Å²) in [7, 11) is 3.13. The summed E-state index contributed by atoms with van der Waals surface area (Å²) in [5, 5.41) is 8.92. The topological polar surface area (TPSA) is 84.0 Å². The van der Waals surface area contributed by atoms with Crippen LogP contribution in [0.4, 0.5) is 4.39 Å². The van der Waals surface area contributed by atoms with Gasteiger partial charge in [0.25, 0.3) is 5.91 Å². The third-order valence-electron chi connectivity index (χ3n) is 4.29. The summed E-state index contributed by atoms with van der Waals surface area (Å²) in [6, 6.07) is 9.69. The minimum Gasteiger partial charge on any atom is -0.497 e. The molecular formula is C20H23FN4O3. The number of ether oxygens (including phenoxy) is 2.